The third-order valence-electron chi connectivity index (χ3n) is 7.21. The van der Waals surface area contributed by atoms with Crippen LogP contribution in [-0.4, -0.2) is 16.0 Å². The molecule has 0 saturated carbocycles. The van der Waals surface area contributed by atoms with Gasteiger partial charge in [0.1, 0.15) is 0 Å². The van der Waals surface area contributed by atoms with Gasteiger partial charge in [0.2, 0.25) is 11.1 Å². The molecule has 9 nitrogen and oxygen atoms in total. The van der Waals surface area contributed by atoms with Crippen molar-refractivity contribution in [3.05, 3.63) is 152 Å². The van der Waals surface area contributed by atoms with E-state index in [1.807, 2.05) is 160 Å². The van der Waals surface area contributed by atoms with Gasteiger partial charge in [-0.05, 0) is 67.6 Å². The number of hydrogen-bond acceptors (Lipinski definition) is 9. The lowest BCUT2D eigenvalue weighted by Crippen LogP contribution is -2.57. The van der Waals surface area contributed by atoms with Crippen LogP contribution in [0.5, 0.6) is 28.7 Å². The van der Waals surface area contributed by atoms with Crippen molar-refractivity contribution in [3.8, 4) is 28.7 Å². The molecule has 12 heteroatoms. The quantitative estimate of drug-likeness (QED) is 0.107. The van der Waals surface area contributed by atoms with Crippen LogP contribution in [0.4, 0.5) is 0 Å². The number of hydrogen-bond donors (Lipinski definition) is 4. The highest BCUT2D eigenvalue weighted by molar-refractivity contribution is 7.81. The Morgan fingerprint density at radius 1 is 0.511 bits per heavy atom. The molecule has 0 aliphatic carbocycles. The van der Waals surface area contributed by atoms with Crippen molar-refractivity contribution < 1.29 is 27.5 Å². The van der Waals surface area contributed by atoms with E-state index < -0.39 is 34.8 Å². The lowest BCUT2D eigenvalue weighted by atomic mass is 10.3. The Labute approximate surface area is 277 Å². The molecule has 0 radical (unpaired) electrons. The molecular formula is C35H39N3O6P3+3. The maximum absolute atomic E-state index is 12.7. The first-order chi connectivity index (χ1) is 22.7. The summed E-state index contributed by atoms with van der Waals surface area (Å²) in [6.07, 6.45) is 0. The summed E-state index contributed by atoms with van der Waals surface area (Å²) in [4.78, 5) is 16.1. The summed E-state index contributed by atoms with van der Waals surface area (Å²) in [5, 5.41) is 6.06. The van der Waals surface area contributed by atoms with E-state index in [4.69, 9.17) is 22.6 Å². The van der Waals surface area contributed by atoms with Gasteiger partial charge < -0.3 is 0 Å². The highest BCUT2D eigenvalue weighted by Gasteiger charge is 2.78. The monoisotopic (exact) mass is 690 g/mol. The van der Waals surface area contributed by atoms with Gasteiger partial charge in [-0.2, -0.15) is 4.89 Å². The van der Waals surface area contributed by atoms with Gasteiger partial charge in [-0.25, -0.2) is 0 Å². The Morgan fingerprint density at radius 3 is 1.19 bits per heavy atom. The van der Waals surface area contributed by atoms with Crippen molar-refractivity contribution in [2.24, 2.45) is 0 Å². The van der Waals surface area contributed by atoms with Crippen LogP contribution in [0.25, 0.3) is 0 Å². The van der Waals surface area contributed by atoms with E-state index in [2.05, 4.69) is 15.0 Å². The van der Waals surface area contributed by atoms with Crippen LogP contribution in [0.1, 0.15) is 20.8 Å². The first-order valence-corrected chi connectivity index (χ1v) is 20.2. The SMILES string of the molecule is CC1N[P+](O)(Oc2ccccc2)N[P+](Oc2ccccc2)(Oc2ccccc2)C(C)(C)N[P+]1(Oc1ccccc1)Oc1ccccc1. The Morgan fingerprint density at radius 2 is 0.830 bits per heavy atom. The number of benzene rings is 5. The van der Waals surface area contributed by atoms with Gasteiger partial charge in [0.05, 0.1) is 4.86 Å². The van der Waals surface area contributed by atoms with Gasteiger partial charge >= 0.3 is 23.8 Å². The molecule has 1 aliphatic rings. The van der Waals surface area contributed by atoms with E-state index in [9.17, 15) is 4.89 Å². The molecule has 1 aliphatic heterocycles. The molecule has 5 aromatic carbocycles. The van der Waals surface area contributed by atoms with Crippen LogP contribution in [0.2, 0.25) is 0 Å². The van der Waals surface area contributed by atoms with Crippen molar-refractivity contribution in [3.63, 3.8) is 0 Å². The minimum Gasteiger partial charge on any atom is -0.288 e. The molecule has 0 amide bonds. The van der Waals surface area contributed by atoms with Gasteiger partial charge in [0, 0.05) is 13.8 Å². The molecule has 1 fully saturated rings. The van der Waals surface area contributed by atoms with E-state index in [0.717, 1.165) is 0 Å². The normalized spacial score (nSPS) is 21.3. The largest absolute Gasteiger partial charge is 0.515 e. The first kappa shape index (κ1) is 33.1. The van der Waals surface area contributed by atoms with Crippen molar-refractivity contribution in [2.45, 2.75) is 31.8 Å². The molecule has 242 valence electrons. The van der Waals surface area contributed by atoms with Gasteiger partial charge in [-0.3, -0.25) is 22.6 Å². The summed E-state index contributed by atoms with van der Waals surface area (Å²) < 4.78 is 34.1. The van der Waals surface area contributed by atoms with Crippen molar-refractivity contribution in [1.82, 2.24) is 15.0 Å². The van der Waals surface area contributed by atoms with E-state index in [-0.39, 0.29) is 0 Å². The molecule has 5 aromatic rings. The molecule has 47 heavy (non-hydrogen) atoms. The lowest BCUT2D eigenvalue weighted by Gasteiger charge is -2.41. The molecule has 0 aromatic heterocycles. The van der Waals surface area contributed by atoms with E-state index >= 15 is 0 Å². The summed E-state index contributed by atoms with van der Waals surface area (Å²) >= 11 is 0. The van der Waals surface area contributed by atoms with Crippen LogP contribution in [0.15, 0.2) is 152 Å². The molecule has 0 bridgehead atoms. The maximum Gasteiger partial charge on any atom is 0.515 e. The number of nitrogens with one attached hydrogen (secondary N) is 3. The average Bonchev–Trinajstić information content (AvgIpc) is 3.06. The van der Waals surface area contributed by atoms with Crippen LogP contribution >= 0.6 is 23.8 Å². The van der Waals surface area contributed by atoms with Crippen molar-refractivity contribution in [2.75, 3.05) is 0 Å². The maximum atomic E-state index is 12.7. The smallest absolute Gasteiger partial charge is 0.288 e. The molecule has 4 N–H and O–H groups in total. The minimum atomic E-state index is -3.85. The Hall–Kier alpha value is -3.77. The Balaban J connectivity index is 1.56. The molecule has 6 rings (SSSR count). The zero-order chi connectivity index (χ0) is 32.8. The minimum absolute atomic E-state index is 0.455. The third-order valence-corrected chi connectivity index (χ3v) is 16.4. The Bertz CT molecular complexity index is 1630. The van der Waals surface area contributed by atoms with Gasteiger partial charge in [-0.1, -0.05) is 101 Å². The zero-order valence-corrected chi connectivity index (χ0v) is 29.0. The van der Waals surface area contributed by atoms with Gasteiger partial charge in [0.15, 0.2) is 28.7 Å². The average molecular weight is 691 g/mol. The lowest BCUT2D eigenvalue weighted by molar-refractivity contribution is 0.347. The fraction of sp³-hybridized carbons (Fsp3) is 0.143. The summed E-state index contributed by atoms with van der Waals surface area (Å²) in [7, 11) is -10.8. The predicted molar refractivity (Wildman–Crippen MR) is 191 cm³/mol. The highest BCUT2D eigenvalue weighted by Crippen LogP contribution is 2.77. The third kappa shape index (κ3) is 7.86. The zero-order valence-electron chi connectivity index (χ0n) is 26.3. The van der Waals surface area contributed by atoms with Crippen LogP contribution in [0.3, 0.4) is 0 Å². The van der Waals surface area contributed by atoms with Crippen molar-refractivity contribution >= 4 is 23.8 Å². The number of rotatable bonds is 10. The predicted octanol–water partition coefficient (Wildman–Crippen LogP) is 9.44. The molecule has 2 unspecified atom stereocenters. The van der Waals surface area contributed by atoms with E-state index in [1.165, 1.54) is 0 Å². The molecule has 1 heterocycles. The Kier molecular flexibility index (Phi) is 9.98. The van der Waals surface area contributed by atoms with Crippen molar-refractivity contribution in [1.29, 1.82) is 0 Å². The fourth-order valence-corrected chi connectivity index (χ4v) is 14.7. The van der Waals surface area contributed by atoms with Gasteiger partial charge in [-0.15, -0.1) is 0 Å². The summed E-state index contributed by atoms with van der Waals surface area (Å²) in [6, 6.07) is 46.9. The van der Waals surface area contributed by atoms with Crippen LogP contribution in [-0.2, 0) is 0 Å². The second-order valence-corrected chi connectivity index (χ2v) is 18.9. The van der Waals surface area contributed by atoms with E-state index in [0.29, 0.717) is 28.7 Å². The number of para-hydroxylation sites is 5. The second-order valence-electron chi connectivity index (χ2n) is 11.3. The first-order valence-electron chi connectivity index (χ1n) is 15.2. The molecular weight excluding hydrogens is 651 g/mol. The highest BCUT2D eigenvalue weighted by atomic mass is 31.3. The summed E-state index contributed by atoms with van der Waals surface area (Å²) in [5.41, 5.74) is 0. The van der Waals surface area contributed by atoms with E-state index in [1.54, 1.807) is 12.1 Å². The fourth-order valence-electron chi connectivity index (χ4n) is 4.93. The van der Waals surface area contributed by atoms with Crippen LogP contribution in [0, 0.1) is 0 Å². The standard InChI is InChI=1S/C35H39N3O6P3/c1-29-36-47(39,44-34-27-17-8-18-28-34)38-46(42-32-23-13-6-14-24-32,43-33-25-15-7-16-26-33)35(2,3)37-45(29,40-30-19-9-4-10-20-30)41-31-21-11-5-12-22-31/h4-29,36-39H,1-3H3/q+3. The molecule has 1 saturated heterocycles. The topological polar surface area (TPSA) is 102 Å². The summed E-state index contributed by atoms with van der Waals surface area (Å²) in [6.45, 7) is 5.83. The van der Waals surface area contributed by atoms with Crippen LogP contribution < -0.4 is 37.7 Å². The summed E-state index contributed by atoms with van der Waals surface area (Å²) in [5.74, 6) is 2.07. The molecule has 2 atom stereocenters. The van der Waals surface area contributed by atoms with Gasteiger partial charge in [0.25, 0.3) is 0 Å². The molecule has 0 spiro atoms. The second kappa shape index (κ2) is 14.1.